The molecule has 2 aromatic rings. The third kappa shape index (κ3) is 2.43. The highest BCUT2D eigenvalue weighted by atomic mass is 35.5. The van der Waals surface area contributed by atoms with Crippen molar-refractivity contribution in [2.75, 3.05) is 5.32 Å². The average Bonchev–Trinajstić information content (AvgIpc) is 2.63. The summed E-state index contributed by atoms with van der Waals surface area (Å²) in [5.41, 5.74) is 8.72. The second-order valence-corrected chi connectivity index (χ2v) is 6.73. The standard InChI is InChI=1S/C19H13Cl2N3O2/c20-12-6-3-5-10(16(12)21)14-11(8-22)18(23)26-17-9-4-1-2-7-13(9)24-19(25)15(14)17/h1-7,14,19,24-25H,23H2. The number of hydrogen-bond donors (Lipinski definition) is 3. The molecular weight excluding hydrogens is 373 g/mol. The average molecular weight is 386 g/mol. The fourth-order valence-electron chi connectivity index (χ4n) is 3.36. The zero-order valence-electron chi connectivity index (χ0n) is 13.3. The van der Waals surface area contributed by atoms with Crippen LogP contribution in [0.2, 0.25) is 10.0 Å². The summed E-state index contributed by atoms with van der Waals surface area (Å²) in [5.74, 6) is -0.272. The molecule has 0 bridgehead atoms. The third-order valence-corrected chi connectivity index (χ3v) is 5.34. The molecule has 2 aliphatic heterocycles. The maximum atomic E-state index is 10.7. The monoisotopic (exact) mass is 385 g/mol. The summed E-state index contributed by atoms with van der Waals surface area (Å²) in [6.45, 7) is 0. The number of para-hydroxylation sites is 1. The summed E-state index contributed by atoms with van der Waals surface area (Å²) < 4.78 is 5.75. The van der Waals surface area contributed by atoms with Gasteiger partial charge in [0, 0.05) is 16.8 Å². The van der Waals surface area contributed by atoms with Crippen molar-refractivity contribution in [2.45, 2.75) is 12.1 Å². The molecule has 2 heterocycles. The predicted octanol–water partition coefficient (Wildman–Crippen LogP) is 3.96. The van der Waals surface area contributed by atoms with Crippen LogP contribution in [0, 0.1) is 11.3 Å². The summed E-state index contributed by atoms with van der Waals surface area (Å²) >= 11 is 12.6. The predicted molar refractivity (Wildman–Crippen MR) is 100 cm³/mol. The Bertz CT molecular complexity index is 1020. The van der Waals surface area contributed by atoms with Gasteiger partial charge in [0.1, 0.15) is 17.4 Å². The summed E-state index contributed by atoms with van der Waals surface area (Å²) in [5, 5.41) is 24.1. The van der Waals surface area contributed by atoms with Gasteiger partial charge in [-0.05, 0) is 23.8 Å². The van der Waals surface area contributed by atoms with Gasteiger partial charge in [-0.1, -0.05) is 47.5 Å². The second kappa shape index (κ2) is 6.26. The first-order valence-corrected chi connectivity index (χ1v) is 8.58. The number of aliphatic hydroxyl groups excluding tert-OH is 1. The molecule has 0 radical (unpaired) electrons. The number of hydrogen-bond acceptors (Lipinski definition) is 5. The molecule has 130 valence electrons. The lowest BCUT2D eigenvalue weighted by Crippen LogP contribution is -2.34. The van der Waals surface area contributed by atoms with Gasteiger partial charge in [0.05, 0.1) is 16.0 Å². The van der Waals surface area contributed by atoms with Crippen LogP contribution in [0.5, 0.6) is 0 Å². The lowest BCUT2D eigenvalue weighted by molar-refractivity contribution is 0.221. The molecule has 2 aliphatic rings. The molecule has 4 N–H and O–H groups in total. The number of allylic oxidation sites excluding steroid dienone is 1. The highest BCUT2D eigenvalue weighted by molar-refractivity contribution is 6.42. The zero-order valence-corrected chi connectivity index (χ0v) is 14.8. The SMILES string of the molecule is N#CC1=C(N)OC2=C(C(O)Nc3ccccc32)C1c1cccc(Cl)c1Cl. The van der Waals surface area contributed by atoms with Crippen LogP contribution in [0.4, 0.5) is 5.69 Å². The van der Waals surface area contributed by atoms with Crippen molar-refractivity contribution in [1.29, 1.82) is 5.26 Å². The van der Waals surface area contributed by atoms with Crippen LogP contribution in [-0.2, 0) is 4.74 Å². The molecule has 0 saturated carbocycles. The van der Waals surface area contributed by atoms with Crippen LogP contribution in [0.3, 0.4) is 0 Å². The summed E-state index contributed by atoms with van der Waals surface area (Å²) in [6.07, 6.45) is -1.07. The summed E-state index contributed by atoms with van der Waals surface area (Å²) in [7, 11) is 0. The minimum atomic E-state index is -1.07. The van der Waals surface area contributed by atoms with Crippen LogP contribution < -0.4 is 11.1 Å². The molecule has 0 spiro atoms. The molecule has 2 aromatic carbocycles. The highest BCUT2D eigenvalue weighted by Gasteiger charge is 2.40. The minimum Gasteiger partial charge on any atom is -0.440 e. The fraction of sp³-hybridized carbons (Fsp3) is 0.105. The van der Waals surface area contributed by atoms with E-state index in [0.29, 0.717) is 32.6 Å². The maximum Gasteiger partial charge on any atom is 0.205 e. The molecule has 0 aliphatic carbocycles. The van der Waals surface area contributed by atoms with Gasteiger partial charge in [-0.3, -0.25) is 0 Å². The number of nitrogens with two attached hydrogens (primary N) is 1. The first-order valence-electron chi connectivity index (χ1n) is 7.82. The molecule has 2 unspecified atom stereocenters. The number of aliphatic hydroxyl groups is 1. The number of fused-ring (bicyclic) bond motifs is 2. The molecule has 0 aromatic heterocycles. The Hall–Kier alpha value is -2.65. The number of benzene rings is 2. The first kappa shape index (κ1) is 16.8. The van der Waals surface area contributed by atoms with Gasteiger partial charge < -0.3 is 20.9 Å². The van der Waals surface area contributed by atoms with E-state index in [0.717, 1.165) is 5.56 Å². The van der Waals surface area contributed by atoms with Crippen molar-refractivity contribution >= 4 is 34.6 Å². The quantitative estimate of drug-likeness (QED) is 0.690. The van der Waals surface area contributed by atoms with E-state index in [1.165, 1.54) is 0 Å². The normalized spacial score (nSPS) is 21.3. The van der Waals surface area contributed by atoms with E-state index < -0.39 is 12.1 Å². The van der Waals surface area contributed by atoms with Gasteiger partial charge in [-0.15, -0.1) is 0 Å². The summed E-state index contributed by atoms with van der Waals surface area (Å²) in [4.78, 5) is 0. The van der Waals surface area contributed by atoms with Crippen molar-refractivity contribution < 1.29 is 9.84 Å². The van der Waals surface area contributed by atoms with E-state index in [1.807, 2.05) is 24.3 Å². The van der Waals surface area contributed by atoms with Crippen molar-refractivity contribution in [3.8, 4) is 6.07 Å². The van der Waals surface area contributed by atoms with E-state index >= 15 is 0 Å². The Balaban J connectivity index is 2.01. The Labute approximate surface area is 159 Å². The van der Waals surface area contributed by atoms with E-state index in [1.54, 1.807) is 18.2 Å². The van der Waals surface area contributed by atoms with Crippen molar-refractivity contribution in [2.24, 2.45) is 5.73 Å². The second-order valence-electron chi connectivity index (χ2n) is 5.94. The van der Waals surface area contributed by atoms with Gasteiger partial charge >= 0.3 is 0 Å². The van der Waals surface area contributed by atoms with Crippen LogP contribution >= 0.6 is 23.2 Å². The molecule has 7 heteroatoms. The van der Waals surface area contributed by atoms with Crippen molar-refractivity contribution in [3.63, 3.8) is 0 Å². The number of nitrogens with zero attached hydrogens (tertiary/aromatic N) is 1. The molecule has 2 atom stereocenters. The number of anilines is 1. The van der Waals surface area contributed by atoms with Crippen LogP contribution in [0.15, 0.2) is 59.5 Å². The molecule has 0 amide bonds. The minimum absolute atomic E-state index is 0.0174. The van der Waals surface area contributed by atoms with Crippen LogP contribution in [0.1, 0.15) is 17.0 Å². The number of nitriles is 1. The lowest BCUT2D eigenvalue weighted by atomic mass is 9.80. The first-order chi connectivity index (χ1) is 12.5. The van der Waals surface area contributed by atoms with Crippen molar-refractivity contribution in [3.05, 3.63) is 80.7 Å². The van der Waals surface area contributed by atoms with Gasteiger partial charge in [0.2, 0.25) is 5.88 Å². The maximum absolute atomic E-state index is 10.7. The molecule has 4 rings (SSSR count). The van der Waals surface area contributed by atoms with E-state index in [9.17, 15) is 10.4 Å². The zero-order chi connectivity index (χ0) is 18.4. The van der Waals surface area contributed by atoms with Gasteiger partial charge in [0.25, 0.3) is 0 Å². The number of rotatable bonds is 1. The lowest BCUT2D eigenvalue weighted by Gasteiger charge is -2.36. The number of ether oxygens (including phenoxy) is 1. The van der Waals surface area contributed by atoms with Crippen LogP contribution in [-0.4, -0.2) is 11.3 Å². The Kier molecular flexibility index (Phi) is 4.04. The third-order valence-electron chi connectivity index (χ3n) is 4.51. The van der Waals surface area contributed by atoms with E-state index in [4.69, 9.17) is 33.7 Å². The van der Waals surface area contributed by atoms with Gasteiger partial charge in [-0.25, -0.2) is 0 Å². The topological polar surface area (TPSA) is 91.3 Å². The van der Waals surface area contributed by atoms with E-state index in [2.05, 4.69) is 11.4 Å². The van der Waals surface area contributed by atoms with Gasteiger partial charge in [-0.2, -0.15) is 5.26 Å². The molecule has 0 saturated heterocycles. The Morgan fingerprint density at radius 1 is 1.15 bits per heavy atom. The fourth-order valence-corrected chi connectivity index (χ4v) is 3.78. The number of nitrogens with one attached hydrogen (secondary N) is 1. The molecular formula is C19H13Cl2N3O2. The highest BCUT2D eigenvalue weighted by Crippen LogP contribution is 2.49. The summed E-state index contributed by atoms with van der Waals surface area (Å²) in [6, 6.07) is 14.6. The Morgan fingerprint density at radius 3 is 2.69 bits per heavy atom. The van der Waals surface area contributed by atoms with E-state index in [-0.39, 0.29) is 11.5 Å². The van der Waals surface area contributed by atoms with Crippen LogP contribution in [0.25, 0.3) is 5.76 Å². The number of halogens is 2. The van der Waals surface area contributed by atoms with Crippen molar-refractivity contribution in [1.82, 2.24) is 0 Å². The largest absolute Gasteiger partial charge is 0.440 e. The Morgan fingerprint density at radius 2 is 1.92 bits per heavy atom. The van der Waals surface area contributed by atoms with Gasteiger partial charge in [0.15, 0.2) is 6.23 Å². The molecule has 26 heavy (non-hydrogen) atoms. The smallest absolute Gasteiger partial charge is 0.205 e. The molecule has 5 nitrogen and oxygen atoms in total. The molecule has 0 fully saturated rings.